The van der Waals surface area contributed by atoms with Gasteiger partial charge in [-0.1, -0.05) is 16.8 Å². The van der Waals surface area contributed by atoms with Gasteiger partial charge in [-0.3, -0.25) is 10.1 Å². The van der Waals surface area contributed by atoms with Gasteiger partial charge in [0.15, 0.2) is 0 Å². The Kier molecular flexibility index (Phi) is 3.37. The second-order valence-electron chi connectivity index (χ2n) is 4.23. The van der Waals surface area contributed by atoms with Crippen LogP contribution in [0.3, 0.4) is 0 Å². The number of rotatable bonds is 3. The van der Waals surface area contributed by atoms with E-state index in [2.05, 4.69) is 10.1 Å². The lowest BCUT2D eigenvalue weighted by molar-refractivity contribution is -0.384. The molecule has 3 aromatic rings. The quantitative estimate of drug-likeness (QED) is 0.540. The number of hydrogen-bond acceptors (Lipinski definition) is 5. The van der Waals surface area contributed by atoms with Gasteiger partial charge in [0.2, 0.25) is 5.82 Å². The maximum Gasteiger partial charge on any atom is 0.269 e. The minimum absolute atomic E-state index is 0.0104. The second kappa shape index (κ2) is 5.34. The molecule has 1 aromatic heterocycles. The topological polar surface area (TPSA) is 82.1 Å². The van der Waals surface area contributed by atoms with Gasteiger partial charge in [-0.15, -0.1) is 0 Å². The van der Waals surface area contributed by atoms with Crippen molar-refractivity contribution in [2.75, 3.05) is 0 Å². The Balaban J connectivity index is 1.90. The van der Waals surface area contributed by atoms with Crippen LogP contribution in [0.5, 0.6) is 0 Å². The Hall–Kier alpha value is -2.73. The number of nitro groups is 1. The van der Waals surface area contributed by atoms with Crippen LogP contribution in [-0.2, 0) is 0 Å². The lowest BCUT2D eigenvalue weighted by atomic mass is 10.2. The van der Waals surface area contributed by atoms with E-state index in [0.717, 1.165) is 5.56 Å². The van der Waals surface area contributed by atoms with Gasteiger partial charge in [0, 0.05) is 28.3 Å². The molecule has 0 N–H and O–H groups in total. The first kappa shape index (κ1) is 13.3. The van der Waals surface area contributed by atoms with Gasteiger partial charge in [-0.2, -0.15) is 4.98 Å². The first-order valence-corrected chi connectivity index (χ1v) is 6.36. The van der Waals surface area contributed by atoms with Crippen molar-refractivity contribution in [3.63, 3.8) is 0 Å². The highest BCUT2D eigenvalue weighted by molar-refractivity contribution is 6.30. The Labute approximate surface area is 124 Å². The molecule has 0 amide bonds. The lowest BCUT2D eigenvalue weighted by Gasteiger charge is -1.94. The molecule has 0 aliphatic carbocycles. The Morgan fingerprint density at radius 3 is 2.24 bits per heavy atom. The zero-order valence-corrected chi connectivity index (χ0v) is 11.3. The summed E-state index contributed by atoms with van der Waals surface area (Å²) in [4.78, 5) is 14.4. The zero-order chi connectivity index (χ0) is 14.8. The van der Waals surface area contributed by atoms with Gasteiger partial charge in [-0.05, 0) is 36.4 Å². The Morgan fingerprint density at radius 2 is 1.62 bits per heavy atom. The van der Waals surface area contributed by atoms with Crippen LogP contribution < -0.4 is 0 Å². The largest absolute Gasteiger partial charge is 0.334 e. The average Bonchev–Trinajstić information content (AvgIpc) is 2.98. The van der Waals surface area contributed by atoms with Crippen molar-refractivity contribution in [1.29, 1.82) is 0 Å². The fraction of sp³-hybridized carbons (Fsp3) is 0. The third-order valence-electron chi connectivity index (χ3n) is 2.85. The minimum atomic E-state index is -0.462. The van der Waals surface area contributed by atoms with Crippen LogP contribution in [0.2, 0.25) is 5.02 Å². The van der Waals surface area contributed by atoms with Crippen LogP contribution in [0.1, 0.15) is 0 Å². The highest BCUT2D eigenvalue weighted by Gasteiger charge is 2.12. The summed E-state index contributed by atoms with van der Waals surface area (Å²) in [7, 11) is 0. The van der Waals surface area contributed by atoms with Gasteiger partial charge >= 0.3 is 0 Å². The summed E-state index contributed by atoms with van der Waals surface area (Å²) in [5.74, 6) is 0.731. The van der Waals surface area contributed by atoms with Gasteiger partial charge in [-0.25, -0.2) is 0 Å². The normalized spacial score (nSPS) is 10.5. The minimum Gasteiger partial charge on any atom is -0.334 e. The predicted molar refractivity (Wildman–Crippen MR) is 76.8 cm³/mol. The molecule has 0 spiro atoms. The summed E-state index contributed by atoms with van der Waals surface area (Å²) in [6.45, 7) is 0. The van der Waals surface area contributed by atoms with E-state index in [-0.39, 0.29) is 5.69 Å². The molecule has 0 radical (unpaired) electrons. The van der Waals surface area contributed by atoms with E-state index in [4.69, 9.17) is 16.1 Å². The highest BCUT2D eigenvalue weighted by Crippen LogP contribution is 2.24. The van der Waals surface area contributed by atoms with E-state index >= 15 is 0 Å². The molecule has 0 aliphatic heterocycles. The molecule has 7 heteroatoms. The molecule has 0 unspecified atom stereocenters. The van der Waals surface area contributed by atoms with Crippen molar-refractivity contribution in [1.82, 2.24) is 10.1 Å². The SMILES string of the molecule is O=[N+]([O-])c1ccc(-c2nc(-c3ccc(Cl)cc3)no2)cc1. The number of halogens is 1. The molecule has 1 heterocycles. The molecule has 6 nitrogen and oxygen atoms in total. The molecule has 0 saturated carbocycles. The predicted octanol–water partition coefficient (Wildman–Crippen LogP) is 3.97. The van der Waals surface area contributed by atoms with Crippen molar-refractivity contribution in [2.45, 2.75) is 0 Å². The van der Waals surface area contributed by atoms with E-state index in [0.29, 0.717) is 22.3 Å². The Bertz CT molecular complexity index is 782. The number of benzene rings is 2. The molecule has 0 fully saturated rings. The second-order valence-corrected chi connectivity index (χ2v) is 4.67. The monoisotopic (exact) mass is 301 g/mol. The van der Waals surface area contributed by atoms with Crippen LogP contribution in [0, 0.1) is 10.1 Å². The molecule has 3 rings (SSSR count). The molecule has 0 aliphatic rings. The van der Waals surface area contributed by atoms with E-state index in [9.17, 15) is 10.1 Å². The Morgan fingerprint density at radius 1 is 1.00 bits per heavy atom. The van der Waals surface area contributed by atoms with Crippen molar-refractivity contribution >= 4 is 17.3 Å². The number of aromatic nitrogens is 2. The first-order valence-electron chi connectivity index (χ1n) is 5.98. The van der Waals surface area contributed by atoms with Crippen molar-refractivity contribution in [3.8, 4) is 22.8 Å². The first-order chi connectivity index (χ1) is 10.1. The smallest absolute Gasteiger partial charge is 0.269 e. The average molecular weight is 302 g/mol. The van der Waals surface area contributed by atoms with Crippen LogP contribution in [0.15, 0.2) is 53.1 Å². The summed E-state index contributed by atoms with van der Waals surface area (Å²) in [5.41, 5.74) is 1.40. The molecular formula is C14H8ClN3O3. The number of nitrogens with zero attached hydrogens (tertiary/aromatic N) is 3. The standard InChI is InChI=1S/C14H8ClN3O3/c15-11-5-1-9(2-6-11)13-16-14(21-17-13)10-3-7-12(8-4-10)18(19)20/h1-8H. The van der Waals surface area contributed by atoms with E-state index in [1.54, 1.807) is 36.4 Å². The summed E-state index contributed by atoms with van der Waals surface area (Å²) < 4.78 is 5.17. The third-order valence-corrected chi connectivity index (χ3v) is 3.11. The van der Waals surface area contributed by atoms with Gasteiger partial charge < -0.3 is 4.52 Å². The maximum atomic E-state index is 10.6. The fourth-order valence-electron chi connectivity index (χ4n) is 1.78. The molecule has 21 heavy (non-hydrogen) atoms. The lowest BCUT2D eigenvalue weighted by Crippen LogP contribution is -1.87. The summed E-state index contributed by atoms with van der Waals surface area (Å²) >= 11 is 5.82. The maximum absolute atomic E-state index is 10.6. The van der Waals surface area contributed by atoms with Crippen LogP contribution in [0.25, 0.3) is 22.8 Å². The number of hydrogen-bond donors (Lipinski definition) is 0. The van der Waals surface area contributed by atoms with Crippen molar-refractivity contribution in [3.05, 3.63) is 63.7 Å². The van der Waals surface area contributed by atoms with Gasteiger partial charge in [0.05, 0.1) is 4.92 Å². The summed E-state index contributed by atoms with van der Waals surface area (Å²) in [6.07, 6.45) is 0. The van der Waals surface area contributed by atoms with Gasteiger partial charge in [0.1, 0.15) is 0 Å². The summed E-state index contributed by atoms with van der Waals surface area (Å²) in [5, 5.41) is 15.1. The van der Waals surface area contributed by atoms with Crippen LogP contribution in [-0.4, -0.2) is 15.1 Å². The third kappa shape index (κ3) is 2.75. The number of nitro benzene ring substituents is 1. The molecule has 0 bridgehead atoms. The highest BCUT2D eigenvalue weighted by atomic mass is 35.5. The van der Waals surface area contributed by atoms with Gasteiger partial charge in [0.25, 0.3) is 11.6 Å². The zero-order valence-electron chi connectivity index (χ0n) is 10.6. The molecular weight excluding hydrogens is 294 g/mol. The number of non-ortho nitro benzene ring substituents is 1. The van der Waals surface area contributed by atoms with E-state index < -0.39 is 4.92 Å². The summed E-state index contributed by atoms with van der Waals surface area (Å²) in [6, 6.07) is 13.0. The molecule has 0 atom stereocenters. The fourth-order valence-corrected chi connectivity index (χ4v) is 1.91. The van der Waals surface area contributed by atoms with Crippen molar-refractivity contribution in [2.24, 2.45) is 0 Å². The van der Waals surface area contributed by atoms with E-state index in [1.165, 1.54) is 12.1 Å². The van der Waals surface area contributed by atoms with Crippen molar-refractivity contribution < 1.29 is 9.45 Å². The van der Waals surface area contributed by atoms with Crippen LogP contribution >= 0.6 is 11.6 Å². The van der Waals surface area contributed by atoms with Crippen LogP contribution in [0.4, 0.5) is 5.69 Å². The molecule has 104 valence electrons. The molecule has 2 aromatic carbocycles. The van der Waals surface area contributed by atoms with E-state index in [1.807, 2.05) is 0 Å². The molecule has 0 saturated heterocycles.